The van der Waals surface area contributed by atoms with Crippen LogP contribution in [0.1, 0.15) is 0 Å². The number of fused-ring (bicyclic) bond motifs is 1. The van der Waals surface area contributed by atoms with Crippen LogP contribution in [-0.2, 0) is 0 Å². The highest BCUT2D eigenvalue weighted by molar-refractivity contribution is 7.71. The summed E-state index contributed by atoms with van der Waals surface area (Å²) in [7, 11) is 0. The van der Waals surface area contributed by atoms with Gasteiger partial charge in [0.25, 0.3) is 0 Å². The zero-order valence-electron chi connectivity index (χ0n) is 12.1. The Morgan fingerprint density at radius 2 is 1.48 bits per heavy atom. The first kappa shape index (κ1) is 13.7. The molecule has 0 spiro atoms. The molecule has 6 heteroatoms. The maximum atomic E-state index is 6.35. The molecule has 0 amide bonds. The van der Waals surface area contributed by atoms with Crippen LogP contribution in [0.2, 0.25) is 0 Å². The summed E-state index contributed by atoms with van der Waals surface area (Å²) >= 11 is 5.46. The first-order chi connectivity index (χ1) is 11.3. The van der Waals surface area contributed by atoms with Gasteiger partial charge in [-0.2, -0.15) is 10.1 Å². The Bertz CT molecular complexity index is 1040. The number of aromatic nitrogens is 4. The quantitative estimate of drug-likeness (QED) is 0.574. The van der Waals surface area contributed by atoms with Crippen LogP contribution in [0.3, 0.4) is 0 Å². The molecule has 0 radical (unpaired) electrons. The molecule has 0 unspecified atom stereocenters. The first-order valence-electron chi connectivity index (χ1n) is 7.13. The van der Waals surface area contributed by atoms with E-state index in [0.717, 1.165) is 16.8 Å². The molecule has 0 aliphatic rings. The van der Waals surface area contributed by atoms with Crippen molar-refractivity contribution < 1.29 is 0 Å². The van der Waals surface area contributed by atoms with E-state index in [0.29, 0.717) is 16.2 Å². The third-order valence-corrected chi connectivity index (χ3v) is 3.94. The molecule has 112 valence electrons. The summed E-state index contributed by atoms with van der Waals surface area (Å²) in [6.07, 6.45) is 1.72. The van der Waals surface area contributed by atoms with Crippen LogP contribution in [0.25, 0.3) is 22.4 Å². The second kappa shape index (κ2) is 5.33. The van der Waals surface area contributed by atoms with E-state index in [1.165, 1.54) is 0 Å². The van der Waals surface area contributed by atoms with Gasteiger partial charge in [-0.25, -0.2) is 4.68 Å². The van der Waals surface area contributed by atoms with E-state index < -0.39 is 0 Å². The molecule has 0 aliphatic carbocycles. The molecule has 4 aromatic rings. The second-order valence-electron chi connectivity index (χ2n) is 5.08. The molecule has 0 aliphatic heterocycles. The zero-order chi connectivity index (χ0) is 15.8. The molecule has 23 heavy (non-hydrogen) atoms. The predicted octanol–water partition coefficient (Wildman–Crippen LogP) is 3.52. The Hall–Kier alpha value is -2.99. The highest BCUT2D eigenvalue weighted by atomic mass is 32.1. The minimum Gasteiger partial charge on any atom is -0.384 e. The van der Waals surface area contributed by atoms with Crippen LogP contribution in [0, 0.1) is 4.77 Å². The maximum absolute atomic E-state index is 6.35. The van der Waals surface area contributed by atoms with Crippen LogP contribution < -0.4 is 5.73 Å². The van der Waals surface area contributed by atoms with Crippen molar-refractivity contribution in [2.75, 3.05) is 5.73 Å². The minimum absolute atomic E-state index is 0.402. The smallest absolute Gasteiger partial charge is 0.207 e. The van der Waals surface area contributed by atoms with Gasteiger partial charge in [0, 0.05) is 5.69 Å². The highest BCUT2D eigenvalue weighted by Crippen LogP contribution is 2.24. The van der Waals surface area contributed by atoms with E-state index in [2.05, 4.69) is 10.1 Å². The van der Waals surface area contributed by atoms with E-state index in [1.807, 2.05) is 60.7 Å². The zero-order valence-corrected chi connectivity index (χ0v) is 12.9. The van der Waals surface area contributed by atoms with Gasteiger partial charge in [-0.15, -0.1) is 0 Å². The molecule has 0 bridgehead atoms. The van der Waals surface area contributed by atoms with Crippen molar-refractivity contribution in [3.63, 3.8) is 0 Å². The summed E-state index contributed by atoms with van der Waals surface area (Å²) in [4.78, 5) is 4.55. The molecule has 2 heterocycles. The van der Waals surface area contributed by atoms with Gasteiger partial charge in [-0.3, -0.25) is 4.57 Å². The third-order valence-electron chi connectivity index (χ3n) is 3.67. The van der Waals surface area contributed by atoms with Crippen molar-refractivity contribution >= 4 is 29.1 Å². The fourth-order valence-electron chi connectivity index (χ4n) is 2.58. The van der Waals surface area contributed by atoms with Gasteiger partial charge in [0.15, 0.2) is 5.65 Å². The van der Waals surface area contributed by atoms with E-state index in [-0.39, 0.29) is 0 Å². The first-order valence-corrected chi connectivity index (χ1v) is 7.53. The average molecular weight is 319 g/mol. The molecule has 5 nitrogen and oxygen atoms in total. The number of hydrogen-bond donors (Lipinski definition) is 1. The summed E-state index contributed by atoms with van der Waals surface area (Å²) in [6, 6.07) is 19.5. The fourth-order valence-corrected chi connectivity index (χ4v) is 2.87. The van der Waals surface area contributed by atoms with Gasteiger partial charge in [-0.1, -0.05) is 36.4 Å². The molecule has 0 saturated heterocycles. The van der Waals surface area contributed by atoms with Crippen LogP contribution >= 0.6 is 12.2 Å². The molecule has 2 aromatic carbocycles. The number of anilines is 1. The fraction of sp³-hybridized carbons (Fsp3) is 0. The van der Waals surface area contributed by atoms with E-state index in [9.17, 15) is 0 Å². The summed E-state index contributed by atoms with van der Waals surface area (Å²) in [5.41, 5.74) is 8.81. The molecule has 2 N–H and O–H groups in total. The van der Waals surface area contributed by atoms with Crippen LogP contribution in [0.4, 0.5) is 5.82 Å². The topological polar surface area (TPSA) is 61.7 Å². The lowest BCUT2D eigenvalue weighted by Crippen LogP contribution is -2.08. The van der Waals surface area contributed by atoms with Crippen LogP contribution in [0.15, 0.2) is 66.9 Å². The Morgan fingerprint density at radius 3 is 2.13 bits per heavy atom. The van der Waals surface area contributed by atoms with Gasteiger partial charge in [0.05, 0.1) is 17.3 Å². The van der Waals surface area contributed by atoms with Crippen molar-refractivity contribution in [1.82, 2.24) is 19.3 Å². The summed E-state index contributed by atoms with van der Waals surface area (Å²) < 4.78 is 3.91. The molecule has 0 saturated carbocycles. The number of nitrogens with two attached hydrogens (primary N) is 1. The molecule has 0 fully saturated rings. The summed E-state index contributed by atoms with van der Waals surface area (Å²) in [5.74, 6) is 0.536. The highest BCUT2D eigenvalue weighted by Gasteiger charge is 2.13. The van der Waals surface area contributed by atoms with Crippen molar-refractivity contribution in [3.05, 3.63) is 71.6 Å². The monoisotopic (exact) mass is 319 g/mol. The maximum Gasteiger partial charge on any atom is 0.207 e. The molecule has 4 rings (SSSR count). The summed E-state index contributed by atoms with van der Waals surface area (Å²) in [6.45, 7) is 0. The molecular formula is C17H13N5S. The van der Waals surface area contributed by atoms with Crippen molar-refractivity contribution in [2.24, 2.45) is 0 Å². The number of benzene rings is 2. The van der Waals surface area contributed by atoms with Crippen LogP contribution in [-0.4, -0.2) is 19.3 Å². The van der Waals surface area contributed by atoms with E-state index in [1.54, 1.807) is 15.4 Å². The lowest BCUT2D eigenvalue weighted by molar-refractivity contribution is 0.886. The van der Waals surface area contributed by atoms with Gasteiger partial charge in [0.2, 0.25) is 4.77 Å². The number of nitrogens with zero attached hydrogens (tertiary/aromatic N) is 4. The average Bonchev–Trinajstić information content (AvgIpc) is 3.00. The predicted molar refractivity (Wildman–Crippen MR) is 93.4 cm³/mol. The van der Waals surface area contributed by atoms with Gasteiger partial charge >= 0.3 is 0 Å². The minimum atomic E-state index is 0.402. The lowest BCUT2D eigenvalue weighted by Gasteiger charge is -2.11. The summed E-state index contributed by atoms with van der Waals surface area (Å²) in [5, 5.41) is 5.19. The largest absolute Gasteiger partial charge is 0.384 e. The Balaban J connectivity index is 2.00. The second-order valence-corrected chi connectivity index (χ2v) is 5.44. The molecule has 2 aromatic heterocycles. The van der Waals surface area contributed by atoms with Crippen molar-refractivity contribution in [2.45, 2.75) is 0 Å². The van der Waals surface area contributed by atoms with Gasteiger partial charge < -0.3 is 5.73 Å². The Morgan fingerprint density at radius 1 is 0.870 bits per heavy atom. The van der Waals surface area contributed by atoms with Crippen molar-refractivity contribution in [3.8, 4) is 11.4 Å². The standard InChI is InChI=1S/C17H13N5S/c18-15-14-11-19-22(13-9-5-2-6-10-13)16(14)20-17(23)21(15)12-7-3-1-4-8-12/h1-11H,18H2. The van der Waals surface area contributed by atoms with Gasteiger partial charge in [-0.05, 0) is 36.5 Å². The Labute approximate surface area is 137 Å². The van der Waals surface area contributed by atoms with Crippen molar-refractivity contribution in [1.29, 1.82) is 0 Å². The normalized spacial score (nSPS) is 11.0. The van der Waals surface area contributed by atoms with E-state index in [4.69, 9.17) is 18.0 Å². The lowest BCUT2D eigenvalue weighted by atomic mass is 10.3. The SMILES string of the molecule is Nc1c2cnn(-c3ccccc3)c2nc(=S)n1-c1ccccc1. The number of hydrogen-bond acceptors (Lipinski definition) is 4. The van der Waals surface area contributed by atoms with Gasteiger partial charge in [0.1, 0.15) is 5.82 Å². The number of rotatable bonds is 2. The van der Waals surface area contributed by atoms with Crippen LogP contribution in [0.5, 0.6) is 0 Å². The van der Waals surface area contributed by atoms with E-state index >= 15 is 0 Å². The number of nitrogen functional groups attached to an aromatic ring is 1. The third kappa shape index (κ3) is 2.20. The molecule has 0 atom stereocenters. The molecular weight excluding hydrogens is 306 g/mol. The Kier molecular flexibility index (Phi) is 3.17. The number of para-hydroxylation sites is 2.